The minimum Gasteiger partial charge on any atom is -0.352 e. The number of rotatable bonds is 4. The summed E-state index contributed by atoms with van der Waals surface area (Å²) < 4.78 is 23.2. The molecule has 0 saturated carbocycles. The van der Waals surface area contributed by atoms with Crippen LogP contribution in [0.4, 0.5) is 0 Å². The highest BCUT2D eigenvalue weighted by Gasteiger charge is 2.28. The van der Waals surface area contributed by atoms with Gasteiger partial charge in [-0.25, -0.2) is 8.42 Å². The second-order valence-electron chi connectivity index (χ2n) is 7.55. The first-order valence-electron chi connectivity index (χ1n) is 9.68. The van der Waals surface area contributed by atoms with Crippen LogP contribution in [0.2, 0.25) is 0 Å². The molecule has 29 heavy (non-hydrogen) atoms. The Bertz CT molecular complexity index is 915. The standard InChI is InChI=1S/C22H29N3O2S.HI/c1-17-16-25(14-13-21(17)19-7-5-4-6-8-19)22(23-2)24-15-18-9-11-20(12-10-18)28(3,26)27;/h4-12,17,21H,13-16H2,1-3H3,(H,23,24);1H. The summed E-state index contributed by atoms with van der Waals surface area (Å²) in [5.74, 6) is 2.02. The monoisotopic (exact) mass is 527 g/mol. The molecule has 2 aromatic rings. The van der Waals surface area contributed by atoms with E-state index in [0.717, 1.165) is 31.0 Å². The fourth-order valence-corrected chi connectivity index (χ4v) is 4.53. The average Bonchev–Trinajstić information content (AvgIpc) is 2.69. The molecule has 1 N–H and O–H groups in total. The van der Waals surface area contributed by atoms with Crippen LogP contribution in [0.15, 0.2) is 64.5 Å². The molecule has 2 unspecified atom stereocenters. The molecule has 2 aromatic carbocycles. The van der Waals surface area contributed by atoms with Gasteiger partial charge in [-0.1, -0.05) is 49.4 Å². The van der Waals surface area contributed by atoms with E-state index in [0.29, 0.717) is 23.3 Å². The topological polar surface area (TPSA) is 61.8 Å². The van der Waals surface area contributed by atoms with E-state index in [1.54, 1.807) is 12.1 Å². The Labute approximate surface area is 191 Å². The zero-order valence-electron chi connectivity index (χ0n) is 17.2. The second-order valence-corrected chi connectivity index (χ2v) is 9.56. The summed E-state index contributed by atoms with van der Waals surface area (Å²) in [6.07, 6.45) is 2.33. The highest BCUT2D eigenvalue weighted by atomic mass is 127. The summed E-state index contributed by atoms with van der Waals surface area (Å²) in [6, 6.07) is 17.8. The van der Waals surface area contributed by atoms with Crippen molar-refractivity contribution in [3.63, 3.8) is 0 Å². The summed E-state index contributed by atoms with van der Waals surface area (Å²) in [5.41, 5.74) is 2.45. The molecule has 1 saturated heterocycles. The number of likely N-dealkylation sites (tertiary alicyclic amines) is 1. The molecule has 0 amide bonds. The maximum Gasteiger partial charge on any atom is 0.193 e. The summed E-state index contributed by atoms with van der Waals surface area (Å²) in [4.78, 5) is 7.11. The predicted octanol–water partition coefficient (Wildman–Crippen LogP) is 3.91. The number of hydrogen-bond donors (Lipinski definition) is 1. The van der Waals surface area contributed by atoms with Crippen molar-refractivity contribution in [3.05, 3.63) is 65.7 Å². The number of guanidine groups is 1. The van der Waals surface area contributed by atoms with Crippen molar-refractivity contribution in [2.24, 2.45) is 10.9 Å². The van der Waals surface area contributed by atoms with Crippen LogP contribution in [-0.4, -0.2) is 45.7 Å². The molecular weight excluding hydrogens is 497 g/mol. The van der Waals surface area contributed by atoms with Gasteiger partial charge in [0.1, 0.15) is 0 Å². The number of nitrogens with one attached hydrogen (secondary N) is 1. The van der Waals surface area contributed by atoms with Gasteiger partial charge >= 0.3 is 0 Å². The minimum absolute atomic E-state index is 0. The molecule has 1 aliphatic heterocycles. The molecule has 1 aliphatic rings. The maximum atomic E-state index is 11.6. The Morgan fingerprint density at radius 3 is 2.34 bits per heavy atom. The lowest BCUT2D eigenvalue weighted by Crippen LogP contribution is -2.47. The molecule has 1 heterocycles. The van der Waals surface area contributed by atoms with Crippen molar-refractivity contribution in [1.29, 1.82) is 0 Å². The number of nitrogens with zero attached hydrogens (tertiary/aromatic N) is 2. The third-order valence-corrected chi connectivity index (χ3v) is 6.57. The fourth-order valence-electron chi connectivity index (χ4n) is 3.90. The van der Waals surface area contributed by atoms with E-state index in [1.807, 2.05) is 19.2 Å². The van der Waals surface area contributed by atoms with Crippen LogP contribution in [0.3, 0.4) is 0 Å². The quantitative estimate of drug-likeness (QED) is 0.372. The van der Waals surface area contributed by atoms with E-state index < -0.39 is 9.84 Å². The molecule has 3 rings (SSSR count). The summed E-state index contributed by atoms with van der Waals surface area (Å²) in [5, 5.41) is 3.42. The Morgan fingerprint density at radius 1 is 1.14 bits per heavy atom. The van der Waals surface area contributed by atoms with Crippen LogP contribution < -0.4 is 5.32 Å². The predicted molar refractivity (Wildman–Crippen MR) is 130 cm³/mol. The summed E-state index contributed by atoms with van der Waals surface area (Å²) in [6.45, 7) is 4.85. The van der Waals surface area contributed by atoms with Gasteiger partial charge in [0.15, 0.2) is 15.8 Å². The molecule has 0 bridgehead atoms. The lowest BCUT2D eigenvalue weighted by molar-refractivity contribution is 0.234. The highest BCUT2D eigenvalue weighted by Crippen LogP contribution is 2.32. The number of piperidine rings is 1. The largest absolute Gasteiger partial charge is 0.352 e. The smallest absolute Gasteiger partial charge is 0.193 e. The van der Waals surface area contributed by atoms with Gasteiger partial charge in [0, 0.05) is 32.9 Å². The van der Waals surface area contributed by atoms with Crippen LogP contribution in [-0.2, 0) is 16.4 Å². The van der Waals surface area contributed by atoms with Crippen LogP contribution in [0.5, 0.6) is 0 Å². The lowest BCUT2D eigenvalue weighted by Gasteiger charge is -2.39. The minimum atomic E-state index is -3.16. The molecule has 158 valence electrons. The van der Waals surface area contributed by atoms with Gasteiger partial charge in [0.05, 0.1) is 4.90 Å². The molecule has 0 aromatic heterocycles. The lowest BCUT2D eigenvalue weighted by atomic mass is 9.82. The Hall–Kier alpha value is -1.61. The first-order valence-corrected chi connectivity index (χ1v) is 11.6. The zero-order chi connectivity index (χ0) is 20.1. The second kappa shape index (κ2) is 10.4. The average molecular weight is 527 g/mol. The van der Waals surface area contributed by atoms with Gasteiger partial charge in [0.2, 0.25) is 0 Å². The highest BCUT2D eigenvalue weighted by molar-refractivity contribution is 14.0. The van der Waals surface area contributed by atoms with E-state index in [-0.39, 0.29) is 24.0 Å². The number of benzene rings is 2. The Kier molecular flexibility index (Phi) is 8.51. The van der Waals surface area contributed by atoms with E-state index in [1.165, 1.54) is 11.8 Å². The molecule has 0 radical (unpaired) electrons. The van der Waals surface area contributed by atoms with Crippen molar-refractivity contribution < 1.29 is 8.42 Å². The molecule has 2 atom stereocenters. The van der Waals surface area contributed by atoms with Crippen LogP contribution in [0.25, 0.3) is 0 Å². The molecule has 0 aliphatic carbocycles. The van der Waals surface area contributed by atoms with Crippen LogP contribution in [0, 0.1) is 5.92 Å². The van der Waals surface area contributed by atoms with Crippen molar-refractivity contribution in [2.45, 2.75) is 30.7 Å². The van der Waals surface area contributed by atoms with Crippen LogP contribution in [0.1, 0.15) is 30.4 Å². The number of sulfone groups is 1. The molecule has 5 nitrogen and oxygen atoms in total. The first-order chi connectivity index (χ1) is 13.4. The molecular formula is C22H30IN3O2S. The Balaban J connectivity index is 0.00000300. The van der Waals surface area contributed by atoms with Crippen molar-refractivity contribution >= 4 is 39.8 Å². The van der Waals surface area contributed by atoms with Crippen molar-refractivity contribution in [3.8, 4) is 0 Å². The third-order valence-electron chi connectivity index (χ3n) is 5.45. The molecule has 1 fully saturated rings. The van der Waals surface area contributed by atoms with Crippen LogP contribution >= 0.6 is 24.0 Å². The van der Waals surface area contributed by atoms with E-state index >= 15 is 0 Å². The molecule has 7 heteroatoms. The third kappa shape index (κ3) is 6.18. The first kappa shape index (κ1) is 23.7. The van der Waals surface area contributed by atoms with Gasteiger partial charge in [-0.05, 0) is 41.5 Å². The van der Waals surface area contributed by atoms with Gasteiger partial charge in [0.25, 0.3) is 0 Å². The van der Waals surface area contributed by atoms with Gasteiger partial charge in [-0.3, -0.25) is 4.99 Å². The van der Waals surface area contributed by atoms with Gasteiger partial charge < -0.3 is 10.2 Å². The summed E-state index contributed by atoms with van der Waals surface area (Å²) in [7, 11) is -1.35. The van der Waals surface area contributed by atoms with Crippen molar-refractivity contribution in [1.82, 2.24) is 10.2 Å². The summed E-state index contributed by atoms with van der Waals surface area (Å²) >= 11 is 0. The van der Waals surface area contributed by atoms with E-state index in [4.69, 9.17) is 0 Å². The van der Waals surface area contributed by atoms with Crippen molar-refractivity contribution in [2.75, 3.05) is 26.4 Å². The zero-order valence-corrected chi connectivity index (χ0v) is 20.4. The SMILES string of the molecule is CN=C(NCc1ccc(S(C)(=O)=O)cc1)N1CCC(c2ccccc2)C(C)C1.I. The maximum absolute atomic E-state index is 11.6. The fraction of sp³-hybridized carbons (Fsp3) is 0.409. The van der Waals surface area contributed by atoms with E-state index in [9.17, 15) is 8.42 Å². The van der Waals surface area contributed by atoms with Gasteiger partial charge in [-0.15, -0.1) is 24.0 Å². The number of aliphatic imine (C=N–C) groups is 1. The van der Waals surface area contributed by atoms with Gasteiger partial charge in [-0.2, -0.15) is 0 Å². The number of halogens is 1. The van der Waals surface area contributed by atoms with E-state index in [2.05, 4.69) is 52.5 Å². The Morgan fingerprint density at radius 2 is 1.79 bits per heavy atom. The molecule has 0 spiro atoms. The number of hydrogen-bond acceptors (Lipinski definition) is 3. The normalized spacial score (nSPS) is 20.1.